The zero-order chi connectivity index (χ0) is 15.1. The third-order valence-corrected chi connectivity index (χ3v) is 3.50. The van der Waals surface area contributed by atoms with Crippen LogP contribution in [-0.4, -0.2) is 11.7 Å². The molecule has 3 rings (SSSR count). The van der Waals surface area contributed by atoms with Crippen LogP contribution in [0.25, 0.3) is 0 Å². The van der Waals surface area contributed by atoms with Crippen molar-refractivity contribution in [1.29, 1.82) is 0 Å². The van der Waals surface area contributed by atoms with Crippen LogP contribution in [0.2, 0.25) is 0 Å². The molecule has 106 valence electrons. The van der Waals surface area contributed by atoms with Crippen LogP contribution in [-0.2, 0) is 11.2 Å². The van der Waals surface area contributed by atoms with Gasteiger partial charge in [0.05, 0.1) is 12.0 Å². The zero-order valence-electron chi connectivity index (χ0n) is 11.2. The molecule has 21 heavy (non-hydrogen) atoms. The average Bonchev–Trinajstić information content (AvgIpc) is 2.82. The molecule has 3 nitrogen and oxygen atoms in total. The Bertz CT molecular complexity index is 784. The van der Waals surface area contributed by atoms with Gasteiger partial charge in [0.2, 0.25) is 5.91 Å². The zero-order valence-corrected chi connectivity index (χ0v) is 11.2. The minimum absolute atomic E-state index is 0.161. The van der Waals surface area contributed by atoms with E-state index in [2.05, 4.69) is 5.32 Å². The van der Waals surface area contributed by atoms with Crippen LogP contribution in [0.4, 0.5) is 14.5 Å². The van der Waals surface area contributed by atoms with E-state index in [0.29, 0.717) is 11.3 Å². The fraction of sp³-hybridized carbons (Fsp3) is 0.125. The average molecular weight is 287 g/mol. The normalized spacial score (nSPS) is 13.0. The number of amides is 1. The fourth-order valence-electron chi connectivity index (χ4n) is 2.38. The van der Waals surface area contributed by atoms with Crippen LogP contribution in [0.5, 0.6) is 0 Å². The molecular formula is C16H11F2NO2. The van der Waals surface area contributed by atoms with Crippen LogP contribution < -0.4 is 5.32 Å². The fourth-order valence-corrected chi connectivity index (χ4v) is 2.38. The topological polar surface area (TPSA) is 46.2 Å². The summed E-state index contributed by atoms with van der Waals surface area (Å²) in [6, 6.07) is 6.88. The van der Waals surface area contributed by atoms with E-state index in [0.717, 1.165) is 6.07 Å². The van der Waals surface area contributed by atoms with Crippen molar-refractivity contribution >= 4 is 17.4 Å². The van der Waals surface area contributed by atoms with Crippen molar-refractivity contribution in [2.75, 3.05) is 5.32 Å². The molecule has 1 aliphatic heterocycles. The molecule has 1 N–H and O–H groups in total. The van der Waals surface area contributed by atoms with Crippen LogP contribution in [0.1, 0.15) is 27.0 Å². The molecule has 0 aromatic heterocycles. The molecule has 0 radical (unpaired) electrons. The quantitative estimate of drug-likeness (QED) is 0.863. The largest absolute Gasteiger partial charge is 0.326 e. The van der Waals surface area contributed by atoms with Crippen molar-refractivity contribution in [3.05, 3.63) is 64.2 Å². The Morgan fingerprint density at radius 1 is 1.19 bits per heavy atom. The molecule has 0 saturated carbocycles. The summed E-state index contributed by atoms with van der Waals surface area (Å²) in [5.74, 6) is -2.63. The van der Waals surface area contributed by atoms with Gasteiger partial charge in [0, 0.05) is 11.3 Å². The molecule has 0 spiro atoms. The van der Waals surface area contributed by atoms with Gasteiger partial charge in [-0.1, -0.05) is 6.07 Å². The summed E-state index contributed by atoms with van der Waals surface area (Å²) < 4.78 is 27.8. The number of fused-ring (bicyclic) bond motifs is 1. The standard InChI is InChI=1S/C16H11F2NO2/c1-8-2-4-11(17)14(15(8)18)16(21)9-3-5-12-10(6-9)7-13(20)19-12/h2-6H,7H2,1H3,(H,19,20). The molecule has 2 aromatic carbocycles. The van der Waals surface area contributed by atoms with E-state index in [1.165, 1.54) is 25.1 Å². The lowest BCUT2D eigenvalue weighted by molar-refractivity contribution is -0.115. The number of ketones is 1. The highest BCUT2D eigenvalue weighted by atomic mass is 19.1. The predicted molar refractivity (Wildman–Crippen MR) is 73.3 cm³/mol. The van der Waals surface area contributed by atoms with E-state index in [1.807, 2.05) is 0 Å². The number of hydrogen-bond donors (Lipinski definition) is 1. The summed E-state index contributed by atoms with van der Waals surface area (Å²) >= 11 is 0. The summed E-state index contributed by atoms with van der Waals surface area (Å²) in [4.78, 5) is 23.6. The molecule has 0 fully saturated rings. The number of carbonyl (C=O) groups is 2. The van der Waals surface area contributed by atoms with Gasteiger partial charge in [-0.25, -0.2) is 8.78 Å². The van der Waals surface area contributed by atoms with Crippen molar-refractivity contribution in [3.63, 3.8) is 0 Å². The first-order valence-corrected chi connectivity index (χ1v) is 6.39. The first-order chi connectivity index (χ1) is 9.97. The number of halogens is 2. The summed E-state index contributed by atoms with van der Waals surface area (Å²) in [5, 5.41) is 2.64. The Labute approximate surface area is 119 Å². The monoisotopic (exact) mass is 287 g/mol. The number of anilines is 1. The van der Waals surface area contributed by atoms with Crippen LogP contribution in [0.3, 0.4) is 0 Å². The number of carbonyl (C=O) groups excluding carboxylic acids is 2. The minimum atomic E-state index is -0.891. The summed E-state index contributed by atoms with van der Waals surface area (Å²) in [6.07, 6.45) is 0.162. The number of hydrogen-bond acceptors (Lipinski definition) is 2. The maximum Gasteiger partial charge on any atom is 0.228 e. The van der Waals surface area contributed by atoms with Crippen LogP contribution in [0, 0.1) is 18.6 Å². The Morgan fingerprint density at radius 2 is 1.95 bits per heavy atom. The summed E-state index contributed by atoms with van der Waals surface area (Å²) in [7, 11) is 0. The molecule has 0 unspecified atom stereocenters. The molecule has 1 heterocycles. The second kappa shape index (κ2) is 4.77. The highest BCUT2D eigenvalue weighted by Crippen LogP contribution is 2.26. The molecule has 0 aliphatic carbocycles. The maximum absolute atomic E-state index is 14.0. The van der Waals surface area contributed by atoms with Crippen LogP contribution in [0.15, 0.2) is 30.3 Å². The molecular weight excluding hydrogens is 276 g/mol. The molecule has 1 amide bonds. The Morgan fingerprint density at radius 3 is 2.71 bits per heavy atom. The highest BCUT2D eigenvalue weighted by Gasteiger charge is 2.23. The minimum Gasteiger partial charge on any atom is -0.326 e. The lowest BCUT2D eigenvalue weighted by Crippen LogP contribution is -2.09. The van der Waals surface area contributed by atoms with Crippen molar-refractivity contribution in [2.45, 2.75) is 13.3 Å². The van der Waals surface area contributed by atoms with Gasteiger partial charge in [0.1, 0.15) is 11.6 Å². The van der Waals surface area contributed by atoms with E-state index >= 15 is 0 Å². The van der Waals surface area contributed by atoms with Crippen molar-refractivity contribution in [1.82, 2.24) is 0 Å². The smallest absolute Gasteiger partial charge is 0.228 e. The van der Waals surface area contributed by atoms with E-state index < -0.39 is 23.0 Å². The van der Waals surface area contributed by atoms with Crippen molar-refractivity contribution < 1.29 is 18.4 Å². The Kier molecular flexibility index (Phi) is 3.05. The second-order valence-corrected chi connectivity index (χ2v) is 4.98. The van der Waals surface area contributed by atoms with Gasteiger partial charge >= 0.3 is 0 Å². The van der Waals surface area contributed by atoms with Crippen molar-refractivity contribution in [3.8, 4) is 0 Å². The Hall–Kier alpha value is -2.56. The first kappa shape index (κ1) is 13.4. The lowest BCUT2D eigenvalue weighted by Gasteiger charge is -2.08. The first-order valence-electron chi connectivity index (χ1n) is 6.39. The Balaban J connectivity index is 2.06. The van der Waals surface area contributed by atoms with Gasteiger partial charge in [-0.05, 0) is 42.3 Å². The van der Waals surface area contributed by atoms with Gasteiger partial charge in [-0.15, -0.1) is 0 Å². The van der Waals surface area contributed by atoms with E-state index in [4.69, 9.17) is 0 Å². The van der Waals surface area contributed by atoms with Gasteiger partial charge in [0.25, 0.3) is 0 Å². The molecule has 5 heteroatoms. The summed E-state index contributed by atoms with van der Waals surface area (Å²) in [6.45, 7) is 1.47. The second-order valence-electron chi connectivity index (χ2n) is 4.98. The van der Waals surface area contributed by atoms with Crippen LogP contribution >= 0.6 is 0 Å². The highest BCUT2D eigenvalue weighted by molar-refractivity contribution is 6.10. The van der Waals surface area contributed by atoms with Gasteiger partial charge in [-0.3, -0.25) is 9.59 Å². The molecule has 0 atom stereocenters. The third kappa shape index (κ3) is 2.20. The number of benzene rings is 2. The molecule has 1 aliphatic rings. The molecule has 0 saturated heterocycles. The van der Waals surface area contributed by atoms with E-state index in [9.17, 15) is 18.4 Å². The lowest BCUT2D eigenvalue weighted by atomic mass is 9.98. The van der Waals surface area contributed by atoms with E-state index in [1.54, 1.807) is 6.07 Å². The SMILES string of the molecule is Cc1ccc(F)c(C(=O)c2ccc3c(c2)CC(=O)N3)c1F. The van der Waals surface area contributed by atoms with Gasteiger partial charge < -0.3 is 5.32 Å². The molecule has 2 aromatic rings. The van der Waals surface area contributed by atoms with Crippen molar-refractivity contribution in [2.24, 2.45) is 0 Å². The van der Waals surface area contributed by atoms with Gasteiger partial charge in [-0.2, -0.15) is 0 Å². The summed E-state index contributed by atoms with van der Waals surface area (Å²) in [5.41, 5.74) is 1.08. The third-order valence-electron chi connectivity index (χ3n) is 3.50. The number of aryl methyl sites for hydroxylation is 1. The van der Waals surface area contributed by atoms with E-state index in [-0.39, 0.29) is 23.5 Å². The number of rotatable bonds is 2. The predicted octanol–water partition coefficient (Wildman–Crippen LogP) is 3.00. The van der Waals surface area contributed by atoms with Gasteiger partial charge in [0.15, 0.2) is 5.78 Å². The maximum atomic E-state index is 14.0. The molecule has 0 bridgehead atoms. The number of nitrogens with one attached hydrogen (secondary N) is 1.